The number of hydrogen-bond donors (Lipinski definition) is 0. The van der Waals surface area contributed by atoms with E-state index in [4.69, 9.17) is 0 Å². The summed E-state index contributed by atoms with van der Waals surface area (Å²) in [6, 6.07) is 0. The Hall–Kier alpha value is 0. The van der Waals surface area contributed by atoms with Gasteiger partial charge < -0.3 is 0 Å². The first-order valence-corrected chi connectivity index (χ1v) is 3.79. The van der Waals surface area contributed by atoms with Gasteiger partial charge in [-0.25, -0.2) is 0 Å². The summed E-state index contributed by atoms with van der Waals surface area (Å²) in [4.78, 5) is 1.79. The van der Waals surface area contributed by atoms with E-state index in [-0.39, 0.29) is 0 Å². The van der Waals surface area contributed by atoms with Crippen molar-refractivity contribution in [1.29, 1.82) is 0 Å². The Morgan fingerprint density at radius 2 is 2.00 bits per heavy atom. The lowest BCUT2D eigenvalue weighted by atomic mass is 10.2. The lowest BCUT2D eigenvalue weighted by Crippen LogP contribution is -1.70. The molecule has 0 aromatic heterocycles. The summed E-state index contributed by atoms with van der Waals surface area (Å²) >= 11 is 3.17. The molecule has 1 heteroatoms. The zero-order valence-corrected chi connectivity index (χ0v) is 6.96. The minimum absolute atomic E-state index is 1.11. The quantitative estimate of drug-likeness (QED) is 0.565. The fraction of sp³-hybridized carbons (Fsp3) is 0.571. The van der Waals surface area contributed by atoms with Gasteiger partial charge in [-0.3, -0.25) is 0 Å². The molecule has 0 spiro atoms. The van der Waals surface area contributed by atoms with Crippen LogP contribution in [0.1, 0.15) is 26.7 Å². The maximum absolute atomic E-state index is 3.17. The van der Waals surface area contributed by atoms with Crippen LogP contribution in [0.5, 0.6) is 0 Å². The normalized spacial score (nSPS) is 7.88. The van der Waals surface area contributed by atoms with Gasteiger partial charge in [0.2, 0.25) is 0 Å². The smallest absolute Gasteiger partial charge is 0.0231 e. The maximum atomic E-state index is 3.17. The second-order valence-electron chi connectivity index (χ2n) is 1.56. The van der Waals surface area contributed by atoms with E-state index in [0.29, 0.717) is 0 Å². The third-order valence-electron chi connectivity index (χ3n) is 1.11. The van der Waals surface area contributed by atoms with Gasteiger partial charge in [-0.1, -0.05) is 29.8 Å². The molecule has 0 unspecified atom stereocenters. The molecule has 0 radical (unpaired) electrons. The first-order chi connectivity index (χ1) is 3.85. The van der Waals surface area contributed by atoms with E-state index in [1.807, 2.05) is 0 Å². The molecule has 0 aromatic carbocycles. The van der Waals surface area contributed by atoms with E-state index in [1.165, 1.54) is 5.57 Å². The van der Waals surface area contributed by atoms with Crippen molar-refractivity contribution >= 4 is 15.9 Å². The topological polar surface area (TPSA) is 0 Å². The Kier molecular flexibility index (Phi) is 5.14. The van der Waals surface area contributed by atoms with E-state index in [1.54, 1.807) is 4.99 Å². The fourth-order valence-corrected chi connectivity index (χ4v) is 0.855. The number of hydrogen-bond acceptors (Lipinski definition) is 0. The molecule has 0 saturated heterocycles. The van der Waals surface area contributed by atoms with Crippen molar-refractivity contribution < 1.29 is 0 Å². The molecular formula is C7H11Br. The van der Waals surface area contributed by atoms with E-state index in [9.17, 15) is 0 Å². The average molecular weight is 175 g/mol. The largest absolute Gasteiger partial charge is 0.114 e. The SMILES string of the molecule is CCC(=C=CBr)CC. The molecule has 46 valence electrons. The second kappa shape index (κ2) is 5.14. The molecule has 0 nitrogen and oxygen atoms in total. The van der Waals surface area contributed by atoms with Crippen molar-refractivity contribution in [1.82, 2.24) is 0 Å². The van der Waals surface area contributed by atoms with Gasteiger partial charge >= 0.3 is 0 Å². The van der Waals surface area contributed by atoms with Crippen LogP contribution in [0.4, 0.5) is 0 Å². The molecule has 0 heterocycles. The zero-order chi connectivity index (χ0) is 6.41. The Balaban J connectivity index is 3.87. The van der Waals surface area contributed by atoms with Crippen LogP contribution in [0.2, 0.25) is 0 Å². The van der Waals surface area contributed by atoms with Crippen LogP contribution in [-0.2, 0) is 0 Å². The van der Waals surface area contributed by atoms with Gasteiger partial charge in [-0.05, 0) is 18.4 Å². The molecule has 0 aromatic rings. The first-order valence-electron chi connectivity index (χ1n) is 2.88. The third kappa shape index (κ3) is 3.06. The lowest BCUT2D eigenvalue weighted by molar-refractivity contribution is 0.983. The Morgan fingerprint density at radius 3 is 2.12 bits per heavy atom. The van der Waals surface area contributed by atoms with Gasteiger partial charge in [-0.15, -0.1) is 5.73 Å². The number of halogens is 1. The van der Waals surface area contributed by atoms with Crippen LogP contribution in [0.15, 0.2) is 16.3 Å². The minimum Gasteiger partial charge on any atom is -0.114 e. The highest BCUT2D eigenvalue weighted by atomic mass is 79.9. The first kappa shape index (κ1) is 8.00. The summed E-state index contributed by atoms with van der Waals surface area (Å²) in [6.45, 7) is 4.28. The molecule has 0 atom stereocenters. The highest BCUT2D eigenvalue weighted by Gasteiger charge is 1.82. The van der Waals surface area contributed by atoms with Crippen molar-refractivity contribution in [3.63, 3.8) is 0 Å². The molecule has 0 rings (SSSR count). The van der Waals surface area contributed by atoms with Gasteiger partial charge in [-0.2, -0.15) is 0 Å². The fourth-order valence-electron chi connectivity index (χ4n) is 0.531. The molecule has 8 heavy (non-hydrogen) atoms. The summed E-state index contributed by atoms with van der Waals surface area (Å²) < 4.78 is 0. The Labute approximate surface area is 59.4 Å². The van der Waals surface area contributed by atoms with Crippen LogP contribution >= 0.6 is 15.9 Å². The summed E-state index contributed by atoms with van der Waals surface area (Å²) in [5.74, 6) is 0. The Bertz CT molecular complexity index is 102. The maximum Gasteiger partial charge on any atom is 0.0231 e. The highest BCUT2D eigenvalue weighted by molar-refractivity contribution is 9.11. The summed E-state index contributed by atoms with van der Waals surface area (Å²) in [6.07, 6.45) is 2.22. The van der Waals surface area contributed by atoms with E-state index >= 15 is 0 Å². The van der Waals surface area contributed by atoms with Crippen LogP contribution < -0.4 is 0 Å². The van der Waals surface area contributed by atoms with Crippen LogP contribution in [-0.4, -0.2) is 0 Å². The average Bonchev–Trinajstić information content (AvgIpc) is 1.83. The Morgan fingerprint density at radius 1 is 1.50 bits per heavy atom. The van der Waals surface area contributed by atoms with Crippen LogP contribution in [0.25, 0.3) is 0 Å². The predicted molar refractivity (Wildman–Crippen MR) is 41.1 cm³/mol. The monoisotopic (exact) mass is 174 g/mol. The van der Waals surface area contributed by atoms with Gasteiger partial charge in [0.1, 0.15) is 0 Å². The molecule has 0 aliphatic heterocycles. The van der Waals surface area contributed by atoms with Crippen molar-refractivity contribution in [3.05, 3.63) is 16.3 Å². The minimum atomic E-state index is 1.11. The van der Waals surface area contributed by atoms with Gasteiger partial charge in [0.25, 0.3) is 0 Å². The molecular weight excluding hydrogens is 164 g/mol. The van der Waals surface area contributed by atoms with E-state index < -0.39 is 0 Å². The molecule has 0 bridgehead atoms. The molecule has 0 amide bonds. The number of allylic oxidation sites excluding steroid dienone is 1. The highest BCUT2D eigenvalue weighted by Crippen LogP contribution is 2.02. The van der Waals surface area contributed by atoms with E-state index in [0.717, 1.165) is 12.8 Å². The van der Waals surface area contributed by atoms with Crippen LogP contribution in [0, 0.1) is 0 Å². The van der Waals surface area contributed by atoms with Crippen molar-refractivity contribution in [2.24, 2.45) is 0 Å². The van der Waals surface area contributed by atoms with Crippen molar-refractivity contribution in [2.45, 2.75) is 26.7 Å². The van der Waals surface area contributed by atoms with Crippen molar-refractivity contribution in [2.75, 3.05) is 0 Å². The molecule has 0 aliphatic rings. The summed E-state index contributed by atoms with van der Waals surface area (Å²) in [7, 11) is 0. The zero-order valence-electron chi connectivity index (χ0n) is 5.37. The molecule has 0 N–H and O–H groups in total. The van der Waals surface area contributed by atoms with Gasteiger partial charge in [0.05, 0.1) is 0 Å². The molecule has 0 aliphatic carbocycles. The van der Waals surface area contributed by atoms with Crippen molar-refractivity contribution in [3.8, 4) is 0 Å². The molecule has 0 saturated carbocycles. The second-order valence-corrected chi connectivity index (χ2v) is 2.02. The summed E-state index contributed by atoms with van der Waals surface area (Å²) in [5.41, 5.74) is 4.45. The van der Waals surface area contributed by atoms with E-state index in [2.05, 4.69) is 35.5 Å². The predicted octanol–water partition coefficient (Wildman–Crippen LogP) is 3.24. The lowest BCUT2D eigenvalue weighted by Gasteiger charge is -1.89. The summed E-state index contributed by atoms with van der Waals surface area (Å²) in [5, 5.41) is 0. The van der Waals surface area contributed by atoms with Crippen LogP contribution in [0.3, 0.4) is 0 Å². The standard InChI is InChI=1S/C7H11Br/c1-3-7(4-2)5-6-8/h6H,3-4H2,1-2H3. The number of rotatable bonds is 2. The molecule has 0 fully saturated rings. The third-order valence-corrected chi connectivity index (χ3v) is 1.34. The van der Waals surface area contributed by atoms with Gasteiger partial charge in [0.15, 0.2) is 0 Å². The van der Waals surface area contributed by atoms with Gasteiger partial charge in [0, 0.05) is 4.99 Å².